The van der Waals surface area contributed by atoms with Crippen LogP contribution in [0.4, 0.5) is 0 Å². The molecule has 2 rings (SSSR count). The highest BCUT2D eigenvalue weighted by Gasteiger charge is 1.97. The molecule has 1 aromatic carbocycles. The maximum atomic E-state index is 4.35. The first-order chi connectivity index (χ1) is 6.40. The van der Waals surface area contributed by atoms with Crippen molar-refractivity contribution >= 4 is 0 Å². The minimum absolute atomic E-state index is 0.736. The Morgan fingerprint density at radius 3 is 2.54 bits per heavy atom. The minimum atomic E-state index is 0.736. The maximum Gasteiger partial charge on any atom is 0.0645 e. The topological polar surface area (TPSA) is 17.8 Å². The lowest BCUT2D eigenvalue weighted by atomic mass is 10.3. The maximum absolute atomic E-state index is 4.35. The number of hydrogen-bond donors (Lipinski definition) is 0. The average molecular weight is 171 g/mol. The molecule has 0 atom stereocenters. The summed E-state index contributed by atoms with van der Waals surface area (Å²) >= 11 is 0. The second-order valence-electron chi connectivity index (χ2n) is 2.84. The second kappa shape index (κ2) is 3.44. The summed E-state index contributed by atoms with van der Waals surface area (Å²) in [5.74, 6) is 0. The van der Waals surface area contributed by atoms with Gasteiger partial charge in [-0.15, -0.1) is 0 Å². The Bertz CT molecular complexity index is 376. The summed E-state index contributed by atoms with van der Waals surface area (Å²) in [5, 5.41) is 4.35. The van der Waals surface area contributed by atoms with Crippen molar-refractivity contribution in [2.45, 2.75) is 6.42 Å². The summed E-state index contributed by atoms with van der Waals surface area (Å²) in [7, 11) is 0. The van der Waals surface area contributed by atoms with Crippen LogP contribution in [-0.4, -0.2) is 9.78 Å². The minimum Gasteiger partial charge on any atom is -0.241 e. The van der Waals surface area contributed by atoms with Gasteiger partial charge in [0.05, 0.1) is 11.4 Å². The molecule has 2 aromatic rings. The summed E-state index contributed by atoms with van der Waals surface area (Å²) in [4.78, 5) is 0. The van der Waals surface area contributed by atoms with Gasteiger partial charge in [-0.25, -0.2) is 4.68 Å². The summed E-state index contributed by atoms with van der Waals surface area (Å²) in [5.41, 5.74) is 2.10. The van der Waals surface area contributed by atoms with Crippen LogP contribution in [0.15, 0.2) is 42.6 Å². The summed E-state index contributed by atoms with van der Waals surface area (Å²) in [6, 6.07) is 12.0. The lowest BCUT2D eigenvalue weighted by Crippen LogP contribution is -1.94. The van der Waals surface area contributed by atoms with Gasteiger partial charge >= 0.3 is 0 Å². The zero-order valence-electron chi connectivity index (χ0n) is 7.35. The molecule has 0 aliphatic rings. The van der Waals surface area contributed by atoms with E-state index in [1.165, 1.54) is 0 Å². The zero-order valence-corrected chi connectivity index (χ0v) is 7.35. The van der Waals surface area contributed by atoms with Crippen LogP contribution in [0, 0.1) is 6.92 Å². The van der Waals surface area contributed by atoms with Gasteiger partial charge in [-0.05, 0) is 31.5 Å². The van der Waals surface area contributed by atoms with Gasteiger partial charge in [-0.1, -0.05) is 18.2 Å². The third kappa shape index (κ3) is 1.61. The average Bonchev–Trinajstić information content (AvgIpc) is 2.67. The molecule has 0 aliphatic heterocycles. The predicted octanol–water partition coefficient (Wildman–Crippen LogP) is 2.25. The van der Waals surface area contributed by atoms with Crippen LogP contribution < -0.4 is 0 Å². The van der Waals surface area contributed by atoms with Crippen molar-refractivity contribution in [1.82, 2.24) is 9.78 Å². The fourth-order valence-electron chi connectivity index (χ4n) is 1.22. The largest absolute Gasteiger partial charge is 0.241 e. The molecule has 0 fully saturated rings. The van der Waals surface area contributed by atoms with Crippen molar-refractivity contribution < 1.29 is 0 Å². The third-order valence-corrected chi connectivity index (χ3v) is 1.92. The monoisotopic (exact) mass is 171 g/mol. The Labute approximate surface area is 77.8 Å². The molecule has 0 bridgehead atoms. The van der Waals surface area contributed by atoms with Crippen molar-refractivity contribution in [3.63, 3.8) is 0 Å². The predicted molar refractivity (Wildman–Crippen MR) is 52.6 cm³/mol. The van der Waals surface area contributed by atoms with E-state index < -0.39 is 0 Å². The molecular formula is C11H11N2. The number of nitrogens with zero attached hydrogens (tertiary/aromatic N) is 2. The molecule has 0 saturated heterocycles. The molecule has 0 unspecified atom stereocenters. The van der Waals surface area contributed by atoms with Gasteiger partial charge in [0, 0.05) is 6.20 Å². The molecule has 2 heteroatoms. The van der Waals surface area contributed by atoms with Gasteiger partial charge in [0.25, 0.3) is 0 Å². The normalized spacial score (nSPS) is 10.2. The summed E-state index contributed by atoms with van der Waals surface area (Å²) in [6.45, 7) is 3.79. The highest BCUT2D eigenvalue weighted by atomic mass is 15.3. The van der Waals surface area contributed by atoms with Gasteiger partial charge in [-0.3, -0.25) is 0 Å². The van der Waals surface area contributed by atoms with E-state index in [9.17, 15) is 0 Å². The van der Waals surface area contributed by atoms with E-state index in [0.717, 1.165) is 17.8 Å². The van der Waals surface area contributed by atoms with Crippen molar-refractivity contribution in [3.05, 3.63) is 55.2 Å². The van der Waals surface area contributed by atoms with E-state index in [-0.39, 0.29) is 0 Å². The number of aromatic nitrogens is 2. The number of rotatable bonds is 2. The van der Waals surface area contributed by atoms with Crippen molar-refractivity contribution in [3.8, 4) is 5.69 Å². The molecule has 1 heterocycles. The number of para-hydroxylation sites is 1. The van der Waals surface area contributed by atoms with E-state index in [4.69, 9.17) is 0 Å². The Kier molecular flexibility index (Phi) is 2.13. The van der Waals surface area contributed by atoms with Crippen molar-refractivity contribution in [1.29, 1.82) is 0 Å². The Morgan fingerprint density at radius 1 is 1.15 bits per heavy atom. The van der Waals surface area contributed by atoms with E-state index in [0.29, 0.717) is 0 Å². The number of hydrogen-bond acceptors (Lipinski definition) is 1. The van der Waals surface area contributed by atoms with Crippen LogP contribution in [-0.2, 0) is 6.42 Å². The first-order valence-corrected chi connectivity index (χ1v) is 4.29. The molecule has 2 nitrogen and oxygen atoms in total. The molecular weight excluding hydrogens is 160 g/mol. The second-order valence-corrected chi connectivity index (χ2v) is 2.84. The molecule has 0 spiro atoms. The van der Waals surface area contributed by atoms with Crippen molar-refractivity contribution in [2.24, 2.45) is 0 Å². The van der Waals surface area contributed by atoms with Crippen molar-refractivity contribution in [2.75, 3.05) is 0 Å². The summed E-state index contributed by atoms with van der Waals surface area (Å²) < 4.78 is 1.86. The first kappa shape index (κ1) is 8.05. The Morgan fingerprint density at radius 2 is 1.92 bits per heavy atom. The van der Waals surface area contributed by atoms with E-state index in [1.54, 1.807) is 0 Å². The zero-order chi connectivity index (χ0) is 9.10. The Balaban J connectivity index is 2.36. The first-order valence-electron chi connectivity index (χ1n) is 4.29. The number of benzene rings is 1. The van der Waals surface area contributed by atoms with E-state index >= 15 is 0 Å². The SMILES string of the molecule is [CH2]Cc1ccn(-c2ccccc2)n1. The molecule has 0 saturated carbocycles. The van der Waals surface area contributed by atoms with Gasteiger partial charge in [0.2, 0.25) is 0 Å². The lowest BCUT2D eigenvalue weighted by Gasteiger charge is -1.98. The smallest absolute Gasteiger partial charge is 0.0645 e. The van der Waals surface area contributed by atoms with Crippen LogP contribution in [0.1, 0.15) is 5.69 Å². The van der Waals surface area contributed by atoms with Gasteiger partial charge < -0.3 is 0 Å². The summed E-state index contributed by atoms with van der Waals surface area (Å²) in [6.07, 6.45) is 2.69. The van der Waals surface area contributed by atoms with E-state index in [1.807, 2.05) is 47.3 Å². The molecule has 0 amide bonds. The highest BCUT2D eigenvalue weighted by Crippen LogP contribution is 2.06. The highest BCUT2D eigenvalue weighted by molar-refractivity contribution is 5.30. The molecule has 1 aromatic heterocycles. The Hall–Kier alpha value is -1.57. The van der Waals surface area contributed by atoms with Crippen LogP contribution in [0.25, 0.3) is 5.69 Å². The van der Waals surface area contributed by atoms with Gasteiger partial charge in [0.15, 0.2) is 0 Å². The standard InChI is InChI=1S/C11H11N2/c1-2-10-8-9-13(12-10)11-6-4-3-5-7-11/h3-9H,1-2H2. The quantitative estimate of drug-likeness (QED) is 0.677. The van der Waals surface area contributed by atoms with Crippen LogP contribution in [0.3, 0.4) is 0 Å². The lowest BCUT2D eigenvalue weighted by molar-refractivity contribution is 0.851. The fraction of sp³-hybridized carbons (Fsp3) is 0.0909. The molecule has 0 N–H and O–H groups in total. The molecule has 65 valence electrons. The molecule has 0 aliphatic carbocycles. The fourth-order valence-corrected chi connectivity index (χ4v) is 1.22. The van der Waals surface area contributed by atoms with Crippen LogP contribution in [0.2, 0.25) is 0 Å². The van der Waals surface area contributed by atoms with Crippen LogP contribution in [0.5, 0.6) is 0 Å². The van der Waals surface area contributed by atoms with Gasteiger partial charge in [0.1, 0.15) is 0 Å². The van der Waals surface area contributed by atoms with Gasteiger partial charge in [-0.2, -0.15) is 5.10 Å². The molecule has 1 radical (unpaired) electrons. The van der Waals surface area contributed by atoms with Crippen LogP contribution >= 0.6 is 0 Å². The third-order valence-electron chi connectivity index (χ3n) is 1.92. The van der Waals surface area contributed by atoms with E-state index in [2.05, 4.69) is 12.0 Å². The molecule has 13 heavy (non-hydrogen) atoms.